The maximum atomic E-state index is 11.9. The predicted octanol–water partition coefficient (Wildman–Crippen LogP) is 2.74. The topological polar surface area (TPSA) is 50.2 Å². The number of nitrogens with zero attached hydrogens (tertiary/aromatic N) is 3. The zero-order valence-electron chi connectivity index (χ0n) is 12.0. The number of aromatic nitrogens is 2. The van der Waals surface area contributed by atoms with E-state index in [-0.39, 0.29) is 19.5 Å². The van der Waals surface area contributed by atoms with Crippen LogP contribution in [0.4, 0.5) is 4.79 Å². The quantitative estimate of drug-likeness (QED) is 0.948. The Labute approximate surface area is 132 Å². The van der Waals surface area contributed by atoms with Crippen molar-refractivity contribution in [3.05, 3.63) is 54.6 Å². The first-order chi connectivity index (χ1) is 10.3. The molecule has 0 unspecified atom stereocenters. The van der Waals surface area contributed by atoms with Crippen LogP contribution in [-0.4, -0.2) is 39.6 Å². The number of hydrogen-bond acceptors (Lipinski definition) is 3. The average molecular weight is 300 g/mol. The molecule has 1 aliphatic rings. The van der Waals surface area contributed by atoms with Crippen LogP contribution in [0.25, 0.3) is 0 Å². The van der Waals surface area contributed by atoms with E-state index >= 15 is 0 Å². The Kier molecular flexibility index (Phi) is 5.72. The third-order valence-corrected chi connectivity index (χ3v) is 3.90. The van der Waals surface area contributed by atoms with Crippen LogP contribution in [0.5, 0.6) is 0 Å². The molecular weight excluding hydrogens is 276 g/mol. The van der Waals surface area contributed by atoms with E-state index in [2.05, 4.69) is 39.5 Å². The zero-order valence-corrected chi connectivity index (χ0v) is 12.0. The van der Waals surface area contributed by atoms with Crippen molar-refractivity contribution in [1.82, 2.24) is 19.8 Å². The standard InChI is InChI=1S/C16H20N4O.CH4/c21-16(20-11-8-17-13-20)18-15-6-9-19(10-7-15)12-14-4-2-1-3-5-14;/h1-5,8,11,13,15H,6-7,9-10,12H2,(H,18,21);1H4. The number of carbonyl (C=O) groups excluding carboxylic acids is 1. The van der Waals surface area contributed by atoms with Gasteiger partial charge in [-0.2, -0.15) is 0 Å². The molecule has 1 aromatic heterocycles. The Bertz CT molecular complexity index is 560. The van der Waals surface area contributed by atoms with Crippen LogP contribution >= 0.6 is 0 Å². The van der Waals surface area contributed by atoms with Crippen molar-refractivity contribution in [3.63, 3.8) is 0 Å². The number of benzene rings is 1. The molecule has 1 N–H and O–H groups in total. The van der Waals surface area contributed by atoms with Crippen molar-refractivity contribution < 1.29 is 4.79 Å². The van der Waals surface area contributed by atoms with Gasteiger partial charge in [0.25, 0.3) is 0 Å². The lowest BCUT2D eigenvalue weighted by Gasteiger charge is -2.32. The van der Waals surface area contributed by atoms with Crippen molar-refractivity contribution in [2.75, 3.05) is 13.1 Å². The van der Waals surface area contributed by atoms with Gasteiger partial charge in [0.2, 0.25) is 0 Å². The smallest absolute Gasteiger partial charge is 0.327 e. The van der Waals surface area contributed by atoms with Crippen LogP contribution in [0.1, 0.15) is 25.8 Å². The maximum absolute atomic E-state index is 11.9. The number of likely N-dealkylation sites (tertiary alicyclic amines) is 1. The molecule has 0 atom stereocenters. The number of amides is 1. The minimum absolute atomic E-state index is 0. The number of carbonyl (C=O) groups is 1. The Balaban J connectivity index is 0.00000176. The van der Waals surface area contributed by atoms with E-state index in [1.54, 1.807) is 12.4 Å². The Morgan fingerprint density at radius 1 is 1.23 bits per heavy atom. The molecule has 5 heteroatoms. The van der Waals surface area contributed by atoms with Crippen molar-refractivity contribution in [3.8, 4) is 0 Å². The molecule has 0 bridgehead atoms. The minimum atomic E-state index is -0.0889. The fourth-order valence-electron chi connectivity index (χ4n) is 2.71. The maximum Gasteiger partial charge on any atom is 0.327 e. The van der Waals surface area contributed by atoms with Crippen LogP contribution in [0.3, 0.4) is 0 Å². The number of imidazole rings is 1. The van der Waals surface area contributed by atoms with Crippen molar-refractivity contribution in [2.45, 2.75) is 32.9 Å². The van der Waals surface area contributed by atoms with E-state index in [1.165, 1.54) is 16.5 Å². The summed E-state index contributed by atoms with van der Waals surface area (Å²) < 4.78 is 1.48. The van der Waals surface area contributed by atoms with E-state index in [1.807, 2.05) is 6.07 Å². The average Bonchev–Trinajstić information content (AvgIpc) is 3.05. The van der Waals surface area contributed by atoms with Crippen molar-refractivity contribution in [1.29, 1.82) is 0 Å². The Morgan fingerprint density at radius 2 is 1.95 bits per heavy atom. The molecule has 0 saturated carbocycles. The van der Waals surface area contributed by atoms with Crippen LogP contribution in [0.2, 0.25) is 0 Å². The molecule has 0 spiro atoms. The SMILES string of the molecule is C.O=C(NC1CCN(Cc2ccccc2)CC1)n1ccnc1. The van der Waals surface area contributed by atoms with Gasteiger partial charge in [-0.25, -0.2) is 9.78 Å². The van der Waals surface area contributed by atoms with Gasteiger partial charge in [0.05, 0.1) is 0 Å². The summed E-state index contributed by atoms with van der Waals surface area (Å²) in [6.07, 6.45) is 6.79. The minimum Gasteiger partial charge on any atom is -0.335 e. The van der Waals surface area contributed by atoms with Gasteiger partial charge in [0.1, 0.15) is 6.33 Å². The summed E-state index contributed by atoms with van der Waals surface area (Å²) in [7, 11) is 0. The van der Waals surface area contributed by atoms with Crippen LogP contribution in [0, 0.1) is 0 Å². The van der Waals surface area contributed by atoms with Gasteiger partial charge in [-0.1, -0.05) is 37.8 Å². The largest absolute Gasteiger partial charge is 0.335 e. The van der Waals surface area contributed by atoms with Gasteiger partial charge >= 0.3 is 6.03 Å². The third kappa shape index (κ3) is 4.18. The third-order valence-electron chi connectivity index (χ3n) is 3.90. The highest BCUT2D eigenvalue weighted by Crippen LogP contribution is 2.14. The van der Waals surface area contributed by atoms with Gasteiger partial charge in [0, 0.05) is 38.1 Å². The molecule has 3 rings (SSSR count). The van der Waals surface area contributed by atoms with E-state index in [0.29, 0.717) is 0 Å². The molecule has 1 amide bonds. The predicted molar refractivity (Wildman–Crippen MR) is 87.6 cm³/mol. The first kappa shape index (κ1) is 16.2. The summed E-state index contributed by atoms with van der Waals surface area (Å²) in [5.74, 6) is 0. The molecule has 1 saturated heterocycles. The highest BCUT2D eigenvalue weighted by molar-refractivity contribution is 5.76. The zero-order chi connectivity index (χ0) is 14.5. The molecule has 1 aliphatic heterocycles. The Hall–Kier alpha value is -2.14. The van der Waals surface area contributed by atoms with Crippen LogP contribution in [0.15, 0.2) is 49.1 Å². The molecular formula is C17H24N4O. The normalized spacial score (nSPS) is 16.0. The van der Waals surface area contributed by atoms with Crippen molar-refractivity contribution in [2.24, 2.45) is 0 Å². The van der Waals surface area contributed by atoms with Gasteiger partial charge < -0.3 is 5.32 Å². The monoisotopic (exact) mass is 300 g/mol. The molecule has 0 radical (unpaired) electrons. The summed E-state index contributed by atoms with van der Waals surface area (Å²) in [6.45, 7) is 3.02. The lowest BCUT2D eigenvalue weighted by atomic mass is 10.0. The van der Waals surface area contributed by atoms with Gasteiger partial charge in [-0.3, -0.25) is 9.47 Å². The molecule has 118 valence electrons. The highest BCUT2D eigenvalue weighted by Gasteiger charge is 2.20. The highest BCUT2D eigenvalue weighted by atomic mass is 16.2. The van der Waals surface area contributed by atoms with E-state index in [4.69, 9.17) is 0 Å². The molecule has 2 heterocycles. The van der Waals surface area contributed by atoms with Crippen LogP contribution < -0.4 is 5.32 Å². The fraction of sp³-hybridized carbons (Fsp3) is 0.412. The van der Waals surface area contributed by atoms with Crippen molar-refractivity contribution >= 4 is 6.03 Å². The number of rotatable bonds is 3. The second-order valence-electron chi connectivity index (χ2n) is 5.46. The number of piperidine rings is 1. The molecule has 1 aromatic carbocycles. The lowest BCUT2D eigenvalue weighted by molar-refractivity contribution is 0.187. The van der Waals surface area contributed by atoms with Crippen LogP contribution in [-0.2, 0) is 6.54 Å². The number of hydrogen-bond donors (Lipinski definition) is 1. The van der Waals surface area contributed by atoms with Gasteiger partial charge in [-0.05, 0) is 18.4 Å². The second kappa shape index (κ2) is 7.75. The molecule has 2 aromatic rings. The van der Waals surface area contributed by atoms with Gasteiger partial charge in [-0.15, -0.1) is 0 Å². The first-order valence-corrected chi connectivity index (χ1v) is 7.36. The second-order valence-corrected chi connectivity index (χ2v) is 5.46. The summed E-state index contributed by atoms with van der Waals surface area (Å²) in [6, 6.07) is 10.7. The van der Waals surface area contributed by atoms with Gasteiger partial charge in [0.15, 0.2) is 0 Å². The summed E-state index contributed by atoms with van der Waals surface area (Å²) in [5.41, 5.74) is 1.35. The van der Waals surface area contributed by atoms with E-state index in [9.17, 15) is 4.79 Å². The van der Waals surface area contributed by atoms with E-state index < -0.39 is 0 Å². The number of nitrogens with one attached hydrogen (secondary N) is 1. The van der Waals surface area contributed by atoms with E-state index in [0.717, 1.165) is 32.5 Å². The molecule has 0 aliphatic carbocycles. The molecule has 22 heavy (non-hydrogen) atoms. The first-order valence-electron chi connectivity index (χ1n) is 7.36. The molecule has 5 nitrogen and oxygen atoms in total. The summed E-state index contributed by atoms with van der Waals surface area (Å²) >= 11 is 0. The summed E-state index contributed by atoms with van der Waals surface area (Å²) in [4.78, 5) is 18.3. The summed E-state index contributed by atoms with van der Waals surface area (Å²) in [5, 5.41) is 3.06. The lowest BCUT2D eigenvalue weighted by Crippen LogP contribution is -2.45. The fourth-order valence-corrected chi connectivity index (χ4v) is 2.71. The molecule has 1 fully saturated rings. The Morgan fingerprint density at radius 3 is 2.59 bits per heavy atom.